The molecule has 0 aromatic rings. The number of rotatable bonds is 5. The summed E-state index contributed by atoms with van der Waals surface area (Å²) in [6, 6.07) is 0. The molecule has 0 aromatic heterocycles. The zero-order chi connectivity index (χ0) is 12.2. The molecule has 0 aromatic carbocycles. The zero-order valence-corrected chi connectivity index (χ0v) is 9.70. The maximum Gasteiger partial charge on any atom is 0.347 e. The highest BCUT2D eigenvalue weighted by Gasteiger charge is 2.41. The molecular formula is C10H16O5S. The summed E-state index contributed by atoms with van der Waals surface area (Å²) in [5.74, 6) is -2.77. The Kier molecular flexibility index (Phi) is 4.61. The number of hydrogen-bond donors (Lipinski definition) is 3. The molecule has 0 heterocycles. The number of carboxylic acid groups (broad SMARTS) is 2. The molecule has 1 fully saturated rings. The Morgan fingerprint density at radius 3 is 2.19 bits per heavy atom. The van der Waals surface area contributed by atoms with Gasteiger partial charge in [-0.15, -0.1) is 11.8 Å². The number of aliphatic hydroxyl groups is 1. The van der Waals surface area contributed by atoms with Gasteiger partial charge in [-0.2, -0.15) is 0 Å². The maximum atomic E-state index is 10.9. The van der Waals surface area contributed by atoms with Crippen LogP contribution in [-0.2, 0) is 9.59 Å². The molecule has 92 valence electrons. The van der Waals surface area contributed by atoms with Crippen molar-refractivity contribution >= 4 is 23.7 Å². The van der Waals surface area contributed by atoms with E-state index in [1.54, 1.807) is 0 Å². The molecular weight excluding hydrogens is 232 g/mol. The smallest absolute Gasteiger partial charge is 0.347 e. The molecule has 0 amide bonds. The third-order valence-electron chi connectivity index (χ3n) is 2.64. The summed E-state index contributed by atoms with van der Waals surface area (Å²) in [5, 5.41) is 27.3. The molecule has 1 unspecified atom stereocenters. The van der Waals surface area contributed by atoms with Gasteiger partial charge >= 0.3 is 11.9 Å². The van der Waals surface area contributed by atoms with E-state index in [4.69, 9.17) is 10.2 Å². The molecule has 0 spiro atoms. The average Bonchev–Trinajstić information content (AvgIpc) is 2.17. The van der Waals surface area contributed by atoms with Crippen LogP contribution in [0.2, 0.25) is 0 Å². The Balaban J connectivity index is 2.62. The third kappa shape index (κ3) is 3.68. The molecule has 0 bridgehead atoms. The van der Waals surface area contributed by atoms with E-state index in [9.17, 15) is 14.7 Å². The van der Waals surface area contributed by atoms with Crippen LogP contribution >= 0.6 is 11.8 Å². The van der Waals surface area contributed by atoms with Crippen LogP contribution in [0.3, 0.4) is 0 Å². The van der Waals surface area contributed by atoms with Gasteiger partial charge in [-0.1, -0.05) is 19.3 Å². The van der Waals surface area contributed by atoms with Crippen LogP contribution in [0.1, 0.15) is 38.5 Å². The second-order valence-electron chi connectivity index (χ2n) is 4.04. The first-order valence-electron chi connectivity index (χ1n) is 5.29. The van der Waals surface area contributed by atoms with Crippen LogP contribution in [0.5, 0.6) is 0 Å². The van der Waals surface area contributed by atoms with Crippen LogP contribution in [0.15, 0.2) is 0 Å². The maximum absolute atomic E-state index is 10.9. The van der Waals surface area contributed by atoms with Crippen molar-refractivity contribution in [3.8, 4) is 0 Å². The Morgan fingerprint density at radius 1 is 1.19 bits per heavy atom. The average molecular weight is 248 g/mol. The summed E-state index contributed by atoms with van der Waals surface area (Å²) < 4.78 is 0. The van der Waals surface area contributed by atoms with E-state index in [0.717, 1.165) is 43.9 Å². The predicted molar refractivity (Wildman–Crippen MR) is 59.3 cm³/mol. The molecule has 1 aliphatic carbocycles. The molecule has 0 saturated heterocycles. The summed E-state index contributed by atoms with van der Waals surface area (Å²) >= 11 is 0.880. The number of thioether (sulfide) groups is 1. The van der Waals surface area contributed by atoms with Gasteiger partial charge in [-0.3, -0.25) is 4.79 Å². The van der Waals surface area contributed by atoms with Crippen molar-refractivity contribution in [2.24, 2.45) is 0 Å². The minimum Gasteiger partial charge on any atom is -0.481 e. The minimum atomic E-state index is -2.19. The first-order chi connectivity index (χ1) is 7.44. The van der Waals surface area contributed by atoms with Crippen LogP contribution in [0.25, 0.3) is 0 Å². The van der Waals surface area contributed by atoms with E-state index in [2.05, 4.69) is 0 Å². The molecule has 1 atom stereocenters. The van der Waals surface area contributed by atoms with Gasteiger partial charge in [0, 0.05) is 5.25 Å². The van der Waals surface area contributed by atoms with Gasteiger partial charge in [0.25, 0.3) is 0 Å². The van der Waals surface area contributed by atoms with Crippen LogP contribution in [-0.4, -0.2) is 37.4 Å². The van der Waals surface area contributed by atoms with Crippen molar-refractivity contribution in [1.29, 1.82) is 0 Å². The summed E-state index contributed by atoms with van der Waals surface area (Å²) in [6.45, 7) is 0. The summed E-state index contributed by atoms with van der Waals surface area (Å²) in [4.78, 5) is 19.2. The SMILES string of the molecule is O=C(O)CC(O)(SC1CCCCC1)C(=O)O. The molecule has 1 saturated carbocycles. The fourth-order valence-corrected chi connectivity index (χ4v) is 3.26. The molecule has 0 aliphatic heterocycles. The van der Waals surface area contributed by atoms with Crippen molar-refractivity contribution in [2.45, 2.75) is 48.7 Å². The Labute approximate surface area is 97.8 Å². The van der Waals surface area contributed by atoms with Gasteiger partial charge in [-0.05, 0) is 12.8 Å². The molecule has 0 radical (unpaired) electrons. The largest absolute Gasteiger partial charge is 0.481 e. The van der Waals surface area contributed by atoms with Gasteiger partial charge in [0.2, 0.25) is 4.93 Å². The third-order valence-corrected chi connectivity index (χ3v) is 4.15. The molecule has 1 aliphatic rings. The van der Waals surface area contributed by atoms with E-state index in [1.807, 2.05) is 0 Å². The zero-order valence-electron chi connectivity index (χ0n) is 8.89. The number of carboxylic acids is 2. The van der Waals surface area contributed by atoms with Gasteiger partial charge in [0.05, 0.1) is 6.42 Å². The van der Waals surface area contributed by atoms with Crippen molar-refractivity contribution in [1.82, 2.24) is 0 Å². The quantitative estimate of drug-likeness (QED) is 0.635. The first-order valence-corrected chi connectivity index (χ1v) is 6.17. The van der Waals surface area contributed by atoms with Gasteiger partial charge in [0.15, 0.2) is 0 Å². The molecule has 5 nitrogen and oxygen atoms in total. The minimum absolute atomic E-state index is 0.0502. The van der Waals surface area contributed by atoms with Crippen molar-refractivity contribution in [2.75, 3.05) is 0 Å². The Morgan fingerprint density at radius 2 is 1.75 bits per heavy atom. The number of aliphatic carboxylic acids is 2. The fourth-order valence-electron chi connectivity index (χ4n) is 1.83. The second-order valence-corrected chi connectivity index (χ2v) is 5.62. The normalized spacial score (nSPS) is 21.3. The second kappa shape index (κ2) is 5.54. The van der Waals surface area contributed by atoms with E-state index in [-0.39, 0.29) is 5.25 Å². The Bertz CT molecular complexity index is 274. The summed E-state index contributed by atoms with van der Waals surface area (Å²) in [6.07, 6.45) is 4.09. The lowest BCUT2D eigenvalue weighted by atomic mass is 10.0. The predicted octanol–water partition coefficient (Wildman–Crippen LogP) is 1.30. The van der Waals surface area contributed by atoms with E-state index in [1.165, 1.54) is 0 Å². The highest BCUT2D eigenvalue weighted by Crippen LogP contribution is 2.37. The lowest BCUT2D eigenvalue weighted by Gasteiger charge is -2.28. The van der Waals surface area contributed by atoms with Gasteiger partial charge in [0.1, 0.15) is 0 Å². The van der Waals surface area contributed by atoms with Crippen LogP contribution in [0.4, 0.5) is 0 Å². The lowest BCUT2D eigenvalue weighted by molar-refractivity contribution is -0.156. The van der Waals surface area contributed by atoms with Crippen molar-refractivity contribution in [3.63, 3.8) is 0 Å². The van der Waals surface area contributed by atoms with E-state index < -0.39 is 23.3 Å². The molecule has 3 N–H and O–H groups in total. The van der Waals surface area contributed by atoms with Gasteiger partial charge < -0.3 is 15.3 Å². The van der Waals surface area contributed by atoms with Crippen molar-refractivity contribution in [3.05, 3.63) is 0 Å². The summed E-state index contributed by atoms with van der Waals surface area (Å²) in [7, 11) is 0. The monoisotopic (exact) mass is 248 g/mol. The molecule has 16 heavy (non-hydrogen) atoms. The summed E-state index contributed by atoms with van der Waals surface area (Å²) in [5.41, 5.74) is 0. The molecule has 1 rings (SSSR count). The van der Waals surface area contributed by atoms with Gasteiger partial charge in [-0.25, -0.2) is 4.79 Å². The fraction of sp³-hybridized carbons (Fsp3) is 0.800. The topological polar surface area (TPSA) is 94.8 Å². The van der Waals surface area contributed by atoms with Crippen LogP contribution < -0.4 is 0 Å². The first kappa shape index (κ1) is 13.3. The number of carbonyl (C=O) groups is 2. The van der Waals surface area contributed by atoms with Crippen molar-refractivity contribution < 1.29 is 24.9 Å². The molecule has 6 heteroatoms. The highest BCUT2D eigenvalue weighted by molar-refractivity contribution is 8.01. The van der Waals surface area contributed by atoms with E-state index >= 15 is 0 Å². The standard InChI is InChI=1S/C10H16O5S/c11-8(12)6-10(15,9(13)14)16-7-4-2-1-3-5-7/h7,15H,1-6H2,(H,11,12)(H,13,14). The lowest BCUT2D eigenvalue weighted by Crippen LogP contribution is -2.39. The van der Waals surface area contributed by atoms with E-state index in [0.29, 0.717) is 0 Å². The highest BCUT2D eigenvalue weighted by atomic mass is 32.2. The number of hydrogen-bond acceptors (Lipinski definition) is 4. The Hall–Kier alpha value is -0.750. The van der Waals surface area contributed by atoms with Crippen LogP contribution in [0, 0.1) is 0 Å².